The molecule has 0 saturated carbocycles. The first-order valence-electron chi connectivity index (χ1n) is 6.02. The van der Waals surface area contributed by atoms with Gasteiger partial charge in [-0.2, -0.15) is 0 Å². The number of ether oxygens (including phenoxy) is 1. The molecule has 21 heavy (non-hydrogen) atoms. The van der Waals surface area contributed by atoms with Crippen molar-refractivity contribution in [2.45, 2.75) is 0 Å². The summed E-state index contributed by atoms with van der Waals surface area (Å²) in [5.41, 5.74) is 0.812. The van der Waals surface area contributed by atoms with Crippen LogP contribution in [-0.4, -0.2) is 18.8 Å². The van der Waals surface area contributed by atoms with E-state index in [-0.39, 0.29) is 12.4 Å². The van der Waals surface area contributed by atoms with Crippen LogP contribution in [0.2, 0.25) is 0 Å². The number of hydrogen-bond acceptors (Lipinski definition) is 3. The van der Waals surface area contributed by atoms with Gasteiger partial charge < -0.3 is 10.1 Å². The summed E-state index contributed by atoms with van der Waals surface area (Å²) in [5.74, 6) is -0.482. The second kappa shape index (κ2) is 6.99. The molecule has 2 rings (SSSR count). The summed E-state index contributed by atoms with van der Waals surface area (Å²) in [7, 11) is 0. The number of anilines is 1. The Kier molecular flexibility index (Phi) is 5.05. The van der Waals surface area contributed by atoms with Crippen molar-refractivity contribution in [3.8, 4) is 5.75 Å². The van der Waals surface area contributed by atoms with Gasteiger partial charge in [0, 0.05) is 5.69 Å². The van der Waals surface area contributed by atoms with Crippen LogP contribution < -0.4 is 10.1 Å². The van der Waals surface area contributed by atoms with Gasteiger partial charge in [-0.05, 0) is 52.3 Å². The first-order chi connectivity index (χ1) is 10.1. The number of carbonyl (C=O) groups excluding carboxylic acids is 2. The number of amides is 1. The van der Waals surface area contributed by atoms with Crippen molar-refractivity contribution >= 4 is 33.8 Å². The van der Waals surface area contributed by atoms with E-state index in [2.05, 4.69) is 21.2 Å². The lowest BCUT2D eigenvalue weighted by Crippen LogP contribution is -2.20. The molecule has 0 spiro atoms. The summed E-state index contributed by atoms with van der Waals surface area (Å²) in [4.78, 5) is 22.7. The van der Waals surface area contributed by atoms with Gasteiger partial charge >= 0.3 is 0 Å². The van der Waals surface area contributed by atoms with Crippen LogP contribution in [0.15, 0.2) is 46.9 Å². The number of rotatable bonds is 5. The highest BCUT2D eigenvalue weighted by Crippen LogP contribution is 2.27. The van der Waals surface area contributed by atoms with Gasteiger partial charge in [0.2, 0.25) is 0 Å². The summed E-state index contributed by atoms with van der Waals surface area (Å²) < 4.78 is 18.7. The minimum absolute atomic E-state index is 0.263. The van der Waals surface area contributed by atoms with E-state index in [0.717, 1.165) is 0 Å². The zero-order chi connectivity index (χ0) is 15.2. The Hall–Kier alpha value is -2.21. The molecular weight excluding hydrogens is 341 g/mol. The van der Waals surface area contributed by atoms with Crippen LogP contribution in [0, 0.1) is 5.82 Å². The van der Waals surface area contributed by atoms with E-state index >= 15 is 0 Å². The molecule has 0 aliphatic rings. The molecule has 0 radical (unpaired) electrons. The Morgan fingerprint density at radius 3 is 2.62 bits per heavy atom. The summed E-state index contributed by atoms with van der Waals surface area (Å²) in [6, 6.07) is 10.4. The number of halogens is 2. The van der Waals surface area contributed by atoms with E-state index in [1.165, 1.54) is 24.3 Å². The Morgan fingerprint density at radius 1 is 1.24 bits per heavy atom. The van der Waals surface area contributed by atoms with Crippen molar-refractivity contribution in [3.05, 3.63) is 58.3 Å². The largest absolute Gasteiger partial charge is 0.482 e. The molecular formula is C15H11BrFNO3. The summed E-state index contributed by atoms with van der Waals surface area (Å²) in [6.45, 7) is -0.263. The molecule has 0 saturated heterocycles. The quantitative estimate of drug-likeness (QED) is 0.839. The van der Waals surface area contributed by atoms with Crippen molar-refractivity contribution in [2.24, 2.45) is 0 Å². The van der Waals surface area contributed by atoms with Crippen LogP contribution in [0.1, 0.15) is 10.4 Å². The van der Waals surface area contributed by atoms with E-state index in [4.69, 9.17) is 4.74 Å². The Labute approximate surface area is 129 Å². The van der Waals surface area contributed by atoms with Crippen molar-refractivity contribution < 1.29 is 18.7 Å². The Bertz CT molecular complexity index is 658. The lowest BCUT2D eigenvalue weighted by atomic mass is 10.2. The number of benzene rings is 2. The van der Waals surface area contributed by atoms with Gasteiger partial charge in [-0.1, -0.05) is 6.07 Å². The topological polar surface area (TPSA) is 55.4 Å². The van der Waals surface area contributed by atoms with Gasteiger partial charge in [0.25, 0.3) is 5.91 Å². The molecule has 4 nitrogen and oxygen atoms in total. The van der Waals surface area contributed by atoms with E-state index in [0.29, 0.717) is 27.8 Å². The number of nitrogens with one attached hydrogen (secondary N) is 1. The maximum absolute atomic E-state index is 12.7. The molecule has 0 fully saturated rings. The predicted molar refractivity (Wildman–Crippen MR) is 80.1 cm³/mol. The van der Waals surface area contributed by atoms with Crippen molar-refractivity contribution in [1.29, 1.82) is 0 Å². The molecule has 0 aliphatic heterocycles. The molecule has 6 heteroatoms. The van der Waals surface area contributed by atoms with Gasteiger partial charge in [-0.25, -0.2) is 4.39 Å². The van der Waals surface area contributed by atoms with Gasteiger partial charge in [-0.15, -0.1) is 0 Å². The Morgan fingerprint density at radius 2 is 1.95 bits per heavy atom. The van der Waals surface area contributed by atoms with Crippen molar-refractivity contribution in [1.82, 2.24) is 0 Å². The zero-order valence-electron chi connectivity index (χ0n) is 10.8. The van der Waals surface area contributed by atoms with Crippen LogP contribution >= 0.6 is 15.9 Å². The van der Waals surface area contributed by atoms with E-state index < -0.39 is 5.91 Å². The summed E-state index contributed by atoms with van der Waals surface area (Å²) in [5, 5.41) is 2.56. The summed E-state index contributed by atoms with van der Waals surface area (Å²) >= 11 is 3.26. The molecule has 0 aliphatic carbocycles. The molecule has 108 valence electrons. The van der Waals surface area contributed by atoms with Crippen molar-refractivity contribution in [3.63, 3.8) is 0 Å². The van der Waals surface area contributed by atoms with Crippen LogP contribution in [0.4, 0.5) is 10.1 Å². The highest BCUT2D eigenvalue weighted by molar-refractivity contribution is 9.10. The summed E-state index contributed by atoms with van der Waals surface area (Å²) in [6.07, 6.45) is 0.651. The normalized spacial score (nSPS) is 10.0. The second-order valence-corrected chi connectivity index (χ2v) is 4.97. The van der Waals surface area contributed by atoms with E-state index in [1.807, 2.05) is 0 Å². The van der Waals surface area contributed by atoms with Gasteiger partial charge in [0.05, 0.1) is 10.0 Å². The SMILES string of the molecule is O=Cc1cccc(Br)c1OCC(=O)Nc1ccc(F)cc1. The maximum Gasteiger partial charge on any atom is 0.262 e. The first-order valence-corrected chi connectivity index (χ1v) is 6.81. The number of para-hydroxylation sites is 1. The third kappa shape index (κ3) is 4.13. The predicted octanol–water partition coefficient (Wildman–Crippen LogP) is 3.42. The molecule has 0 atom stereocenters. The molecule has 1 N–H and O–H groups in total. The van der Waals surface area contributed by atoms with Crippen LogP contribution in [-0.2, 0) is 4.79 Å². The molecule has 0 aromatic heterocycles. The van der Waals surface area contributed by atoms with E-state index in [9.17, 15) is 14.0 Å². The monoisotopic (exact) mass is 351 g/mol. The number of aldehydes is 1. The standard InChI is InChI=1S/C15H11BrFNO3/c16-13-3-1-2-10(8-19)15(13)21-9-14(20)18-12-6-4-11(17)5-7-12/h1-8H,9H2,(H,18,20). The van der Waals surface area contributed by atoms with Gasteiger partial charge in [0.1, 0.15) is 11.6 Å². The average molecular weight is 352 g/mol. The molecule has 2 aromatic carbocycles. The highest BCUT2D eigenvalue weighted by atomic mass is 79.9. The second-order valence-electron chi connectivity index (χ2n) is 4.12. The minimum Gasteiger partial charge on any atom is -0.482 e. The third-order valence-electron chi connectivity index (χ3n) is 2.60. The first kappa shape index (κ1) is 15.2. The lowest BCUT2D eigenvalue weighted by molar-refractivity contribution is -0.118. The molecule has 1 amide bonds. The number of hydrogen-bond donors (Lipinski definition) is 1. The molecule has 0 bridgehead atoms. The van der Waals surface area contributed by atoms with Gasteiger partial charge in [-0.3, -0.25) is 9.59 Å². The van der Waals surface area contributed by atoms with Crippen LogP contribution in [0.5, 0.6) is 5.75 Å². The fraction of sp³-hybridized carbons (Fsp3) is 0.0667. The van der Waals surface area contributed by atoms with E-state index in [1.54, 1.807) is 18.2 Å². The molecule has 2 aromatic rings. The van der Waals surface area contributed by atoms with Crippen LogP contribution in [0.25, 0.3) is 0 Å². The van der Waals surface area contributed by atoms with Gasteiger partial charge in [0.15, 0.2) is 12.9 Å². The minimum atomic E-state index is -0.408. The fourth-order valence-corrected chi connectivity index (χ4v) is 2.13. The number of carbonyl (C=O) groups is 2. The molecule has 0 heterocycles. The zero-order valence-corrected chi connectivity index (χ0v) is 12.4. The smallest absolute Gasteiger partial charge is 0.262 e. The highest BCUT2D eigenvalue weighted by Gasteiger charge is 2.10. The van der Waals surface area contributed by atoms with Crippen LogP contribution in [0.3, 0.4) is 0 Å². The maximum atomic E-state index is 12.7. The average Bonchev–Trinajstić information content (AvgIpc) is 2.48. The lowest BCUT2D eigenvalue weighted by Gasteiger charge is -2.10. The van der Waals surface area contributed by atoms with Crippen molar-refractivity contribution in [2.75, 3.05) is 11.9 Å². The fourth-order valence-electron chi connectivity index (χ4n) is 1.64. The molecule has 0 unspecified atom stereocenters. The Balaban J connectivity index is 1.98. The third-order valence-corrected chi connectivity index (χ3v) is 3.22.